The van der Waals surface area contributed by atoms with Gasteiger partial charge in [0.1, 0.15) is 24.4 Å². The van der Waals surface area contributed by atoms with Crippen molar-refractivity contribution in [1.29, 1.82) is 0 Å². The maximum atomic E-state index is 9.51. The third-order valence-corrected chi connectivity index (χ3v) is 2.52. The lowest BCUT2D eigenvalue weighted by molar-refractivity contribution is -0.0999. The molecule has 1 aromatic rings. The van der Waals surface area contributed by atoms with E-state index in [9.17, 15) is 15.3 Å². The summed E-state index contributed by atoms with van der Waals surface area (Å²) < 4.78 is 0. The van der Waals surface area contributed by atoms with Crippen LogP contribution in [0.15, 0.2) is 17.2 Å². The fourth-order valence-electron chi connectivity index (χ4n) is 1.18. The molecule has 0 amide bonds. The van der Waals surface area contributed by atoms with E-state index >= 15 is 0 Å². The number of hydrogen-bond acceptors (Lipinski definition) is 9. The topological polar surface area (TPSA) is 151 Å². The van der Waals surface area contributed by atoms with Crippen LogP contribution in [-0.4, -0.2) is 73.0 Å². The van der Waals surface area contributed by atoms with Crippen LogP contribution in [0.4, 0.5) is 5.82 Å². The summed E-state index contributed by atoms with van der Waals surface area (Å²) in [7, 11) is 0. The van der Waals surface area contributed by atoms with Crippen molar-refractivity contribution in [3.63, 3.8) is 0 Å². The maximum absolute atomic E-state index is 9.51. The summed E-state index contributed by atoms with van der Waals surface area (Å²) in [5.74, 6) is 0.253. The number of nitrogens with zero attached hydrogens (tertiary/aromatic N) is 3. The van der Waals surface area contributed by atoms with E-state index in [2.05, 4.69) is 20.7 Å². The number of nitrogens with one attached hydrogen (secondary N) is 1. The van der Waals surface area contributed by atoms with Gasteiger partial charge in [-0.2, -0.15) is 5.10 Å². The number of halogens is 1. The molecule has 112 valence electrons. The first-order chi connectivity index (χ1) is 9.45. The molecule has 0 aliphatic heterocycles. The van der Waals surface area contributed by atoms with Gasteiger partial charge in [0, 0.05) is 0 Å². The number of anilines is 1. The normalized spacial score (nSPS) is 17.7. The molecule has 6 N–H and O–H groups in total. The minimum Gasteiger partial charge on any atom is -0.394 e. The highest BCUT2D eigenvalue weighted by Gasteiger charge is 2.29. The minimum atomic E-state index is -1.71. The third-order valence-electron chi connectivity index (χ3n) is 2.32. The van der Waals surface area contributed by atoms with E-state index in [1.54, 1.807) is 0 Å². The van der Waals surface area contributed by atoms with Gasteiger partial charge in [0.25, 0.3) is 0 Å². The quantitative estimate of drug-likeness (QED) is 0.249. The summed E-state index contributed by atoms with van der Waals surface area (Å²) in [5.41, 5.74) is 2.41. The Morgan fingerprint density at radius 1 is 1.20 bits per heavy atom. The lowest BCUT2D eigenvalue weighted by atomic mass is 10.0. The van der Waals surface area contributed by atoms with Gasteiger partial charge in [-0.05, 0) is 12.1 Å². The van der Waals surface area contributed by atoms with Gasteiger partial charge in [-0.1, -0.05) is 11.6 Å². The second-order valence-electron chi connectivity index (χ2n) is 3.85. The molecule has 0 aliphatic carbocycles. The van der Waals surface area contributed by atoms with E-state index in [0.717, 1.165) is 6.21 Å². The predicted molar refractivity (Wildman–Crippen MR) is 70.3 cm³/mol. The van der Waals surface area contributed by atoms with E-state index in [-0.39, 0.29) is 11.0 Å². The van der Waals surface area contributed by atoms with Gasteiger partial charge in [0.15, 0.2) is 11.0 Å². The van der Waals surface area contributed by atoms with E-state index in [1.807, 2.05) is 0 Å². The fraction of sp³-hybridized carbons (Fsp3) is 0.500. The van der Waals surface area contributed by atoms with Crippen LogP contribution in [0.3, 0.4) is 0 Å². The highest BCUT2D eigenvalue weighted by atomic mass is 35.5. The molecule has 0 unspecified atom stereocenters. The Morgan fingerprint density at radius 3 is 2.45 bits per heavy atom. The van der Waals surface area contributed by atoms with Crippen LogP contribution < -0.4 is 5.43 Å². The summed E-state index contributed by atoms with van der Waals surface area (Å²) in [4.78, 5) is 0. The van der Waals surface area contributed by atoms with Crippen molar-refractivity contribution in [3.05, 3.63) is 17.3 Å². The Hall–Kier alpha value is -1.36. The molecule has 0 spiro atoms. The summed E-state index contributed by atoms with van der Waals surface area (Å²) >= 11 is 5.53. The Morgan fingerprint density at radius 2 is 1.90 bits per heavy atom. The van der Waals surface area contributed by atoms with Gasteiger partial charge >= 0.3 is 0 Å². The number of aromatic nitrogens is 2. The van der Waals surface area contributed by atoms with Crippen LogP contribution in [0.2, 0.25) is 5.15 Å². The standard InChI is InChI=1S/C10H15ClN4O5/c11-7-1-2-8(15-13-7)14-12-3-5(17)9(19)10(20)6(18)4-16/h1-3,5-6,9-10,16-20H,4H2,(H,14,15)/b12-3+/t5-,6+,9+,10-/m0/s1. The number of hydrogen-bond donors (Lipinski definition) is 6. The van der Waals surface area contributed by atoms with Crippen molar-refractivity contribution >= 4 is 23.6 Å². The molecule has 0 aliphatic rings. The third kappa shape index (κ3) is 4.96. The van der Waals surface area contributed by atoms with Gasteiger partial charge in [-0.3, -0.25) is 5.43 Å². The Labute approximate surface area is 119 Å². The first-order valence-electron chi connectivity index (χ1n) is 5.57. The Bertz CT molecular complexity index is 432. The Kier molecular flexibility index (Phi) is 6.71. The van der Waals surface area contributed by atoms with Crippen LogP contribution >= 0.6 is 11.6 Å². The zero-order valence-electron chi connectivity index (χ0n) is 10.2. The van der Waals surface area contributed by atoms with Crippen LogP contribution in [0, 0.1) is 0 Å². The van der Waals surface area contributed by atoms with Crippen molar-refractivity contribution in [2.24, 2.45) is 5.10 Å². The molecule has 1 heterocycles. The second-order valence-corrected chi connectivity index (χ2v) is 4.24. The summed E-state index contributed by atoms with van der Waals surface area (Å²) in [6.45, 7) is -0.749. The maximum Gasteiger partial charge on any atom is 0.168 e. The molecular formula is C10H15ClN4O5. The van der Waals surface area contributed by atoms with Gasteiger partial charge in [-0.15, -0.1) is 10.2 Å². The fourth-order valence-corrected chi connectivity index (χ4v) is 1.28. The van der Waals surface area contributed by atoms with Gasteiger partial charge in [0.05, 0.1) is 12.8 Å². The highest BCUT2D eigenvalue weighted by Crippen LogP contribution is 2.06. The lowest BCUT2D eigenvalue weighted by Gasteiger charge is -2.23. The zero-order chi connectivity index (χ0) is 15.1. The average molecular weight is 307 g/mol. The van der Waals surface area contributed by atoms with Gasteiger partial charge < -0.3 is 25.5 Å². The molecule has 20 heavy (non-hydrogen) atoms. The van der Waals surface area contributed by atoms with E-state index in [4.69, 9.17) is 21.8 Å². The molecule has 0 saturated heterocycles. The molecule has 9 nitrogen and oxygen atoms in total. The van der Waals surface area contributed by atoms with Crippen molar-refractivity contribution < 1.29 is 25.5 Å². The molecule has 0 aromatic carbocycles. The SMILES string of the molecule is OC[C@@H](O)[C@H](O)[C@H](O)[C@@H](O)/C=N/Nc1ccc(Cl)nn1. The molecule has 10 heteroatoms. The Balaban J connectivity index is 2.50. The summed E-state index contributed by atoms with van der Waals surface area (Å²) in [6, 6.07) is 2.96. The average Bonchev–Trinajstić information content (AvgIpc) is 2.46. The van der Waals surface area contributed by atoms with E-state index in [1.165, 1.54) is 12.1 Å². The van der Waals surface area contributed by atoms with Crippen molar-refractivity contribution in [2.45, 2.75) is 24.4 Å². The van der Waals surface area contributed by atoms with Crippen LogP contribution in [0.25, 0.3) is 0 Å². The van der Waals surface area contributed by atoms with Gasteiger partial charge in [-0.25, -0.2) is 0 Å². The first kappa shape index (κ1) is 16.7. The number of hydrazone groups is 1. The van der Waals surface area contributed by atoms with Crippen molar-refractivity contribution in [3.8, 4) is 0 Å². The monoisotopic (exact) mass is 306 g/mol. The lowest BCUT2D eigenvalue weighted by Crippen LogP contribution is -2.46. The smallest absolute Gasteiger partial charge is 0.168 e. The van der Waals surface area contributed by atoms with Crippen LogP contribution in [0.5, 0.6) is 0 Å². The largest absolute Gasteiger partial charge is 0.394 e. The predicted octanol–water partition coefficient (Wildman–Crippen LogP) is -2.04. The van der Waals surface area contributed by atoms with E-state index < -0.39 is 31.0 Å². The molecule has 1 rings (SSSR count). The molecule has 0 bridgehead atoms. The number of aliphatic hydroxyl groups excluding tert-OH is 5. The molecule has 1 aromatic heterocycles. The van der Waals surface area contributed by atoms with Crippen molar-refractivity contribution in [2.75, 3.05) is 12.0 Å². The van der Waals surface area contributed by atoms with Crippen molar-refractivity contribution in [1.82, 2.24) is 10.2 Å². The molecular weight excluding hydrogens is 292 g/mol. The summed E-state index contributed by atoms with van der Waals surface area (Å²) in [5, 5.41) is 57.0. The highest BCUT2D eigenvalue weighted by molar-refractivity contribution is 6.29. The second kappa shape index (κ2) is 8.04. The minimum absolute atomic E-state index is 0.205. The molecule has 4 atom stereocenters. The zero-order valence-corrected chi connectivity index (χ0v) is 11.0. The first-order valence-corrected chi connectivity index (χ1v) is 5.95. The number of aliphatic hydroxyl groups is 5. The van der Waals surface area contributed by atoms with Crippen LogP contribution in [0.1, 0.15) is 0 Å². The molecule has 0 radical (unpaired) electrons. The molecule has 0 saturated carbocycles. The molecule has 0 fully saturated rings. The van der Waals surface area contributed by atoms with E-state index in [0.29, 0.717) is 0 Å². The van der Waals surface area contributed by atoms with Crippen LogP contribution in [-0.2, 0) is 0 Å². The van der Waals surface area contributed by atoms with Gasteiger partial charge in [0.2, 0.25) is 0 Å². The number of rotatable bonds is 7. The summed E-state index contributed by atoms with van der Waals surface area (Å²) in [6.07, 6.45) is -5.65.